The van der Waals surface area contributed by atoms with Crippen molar-refractivity contribution in [1.29, 1.82) is 0 Å². The molecule has 0 unspecified atom stereocenters. The first-order valence-electron chi connectivity index (χ1n) is 6.52. The number of fused-ring (bicyclic) bond motifs is 1. The molecule has 0 aliphatic heterocycles. The topological polar surface area (TPSA) is 51.9 Å². The van der Waals surface area contributed by atoms with Gasteiger partial charge in [0.15, 0.2) is 0 Å². The van der Waals surface area contributed by atoms with Crippen LogP contribution in [-0.4, -0.2) is 14.3 Å². The number of hydrogen-bond acceptors (Lipinski definition) is 3. The van der Waals surface area contributed by atoms with Gasteiger partial charge in [-0.2, -0.15) is 5.10 Å². The van der Waals surface area contributed by atoms with E-state index in [4.69, 9.17) is 11.6 Å². The Labute approximate surface area is 126 Å². The Hall–Kier alpha value is -2.27. The van der Waals surface area contributed by atoms with Gasteiger partial charge < -0.3 is 9.88 Å². The molecule has 2 heterocycles. The Bertz CT molecular complexity index is 895. The van der Waals surface area contributed by atoms with Gasteiger partial charge in [0.2, 0.25) is 0 Å². The Morgan fingerprint density at radius 2 is 2.00 bits per heavy atom. The average Bonchev–Trinajstić information content (AvgIpc) is 2.81. The normalized spacial score (nSPS) is 11.0. The van der Waals surface area contributed by atoms with Crippen LogP contribution < -0.4 is 10.9 Å². The summed E-state index contributed by atoms with van der Waals surface area (Å²) in [7, 11) is 3.60. The van der Waals surface area contributed by atoms with E-state index < -0.39 is 0 Å². The summed E-state index contributed by atoms with van der Waals surface area (Å²) in [5, 5.41) is 8.90. The summed E-state index contributed by atoms with van der Waals surface area (Å²) in [5.74, 6) is 0. The highest BCUT2D eigenvalue weighted by atomic mass is 35.5. The zero-order valence-electron chi connectivity index (χ0n) is 12.0. The molecule has 21 heavy (non-hydrogen) atoms. The van der Waals surface area contributed by atoms with Crippen molar-refractivity contribution in [3.63, 3.8) is 0 Å². The van der Waals surface area contributed by atoms with Gasteiger partial charge in [-0.3, -0.25) is 4.79 Å². The van der Waals surface area contributed by atoms with Gasteiger partial charge in [0.1, 0.15) is 0 Å². The molecule has 0 amide bonds. The molecule has 0 aliphatic rings. The number of halogens is 1. The third kappa shape index (κ3) is 2.29. The third-order valence-corrected chi connectivity index (χ3v) is 3.93. The first-order chi connectivity index (χ1) is 9.97. The van der Waals surface area contributed by atoms with Crippen LogP contribution in [0.25, 0.3) is 10.9 Å². The Morgan fingerprint density at radius 1 is 1.24 bits per heavy atom. The molecular formula is C15H15ClN4O. The zero-order chi connectivity index (χ0) is 15.1. The first kappa shape index (κ1) is 13.7. The molecule has 0 aliphatic carbocycles. The highest BCUT2D eigenvalue weighted by molar-refractivity contribution is 6.34. The third-order valence-electron chi connectivity index (χ3n) is 3.62. The SMILES string of the molecule is Cc1c(Nc2cc3ccn(C)c3cc2Cl)cnn(C)c1=O. The molecule has 0 bridgehead atoms. The molecule has 0 fully saturated rings. The molecular weight excluding hydrogens is 288 g/mol. The van der Waals surface area contributed by atoms with Crippen LogP contribution in [0.1, 0.15) is 5.56 Å². The lowest BCUT2D eigenvalue weighted by molar-refractivity contribution is 0.702. The van der Waals surface area contributed by atoms with Gasteiger partial charge in [-0.15, -0.1) is 0 Å². The van der Waals surface area contributed by atoms with Crippen molar-refractivity contribution < 1.29 is 0 Å². The Kier molecular flexibility index (Phi) is 3.22. The number of aryl methyl sites for hydroxylation is 2. The molecule has 6 heteroatoms. The van der Waals surface area contributed by atoms with Gasteiger partial charge in [-0.25, -0.2) is 4.68 Å². The van der Waals surface area contributed by atoms with Crippen LogP contribution in [0.2, 0.25) is 5.02 Å². The van der Waals surface area contributed by atoms with E-state index in [1.54, 1.807) is 20.2 Å². The van der Waals surface area contributed by atoms with Gasteiger partial charge in [-0.1, -0.05) is 11.6 Å². The number of benzene rings is 1. The maximum atomic E-state index is 11.9. The number of aromatic nitrogens is 3. The second-order valence-corrected chi connectivity index (χ2v) is 5.46. The fraction of sp³-hybridized carbons (Fsp3) is 0.200. The monoisotopic (exact) mass is 302 g/mol. The smallest absolute Gasteiger partial charge is 0.271 e. The molecule has 0 saturated heterocycles. The fourth-order valence-electron chi connectivity index (χ4n) is 2.31. The summed E-state index contributed by atoms with van der Waals surface area (Å²) in [4.78, 5) is 11.9. The van der Waals surface area contributed by atoms with Crippen molar-refractivity contribution in [2.24, 2.45) is 14.1 Å². The molecule has 3 aromatic rings. The van der Waals surface area contributed by atoms with Crippen LogP contribution in [0, 0.1) is 6.92 Å². The number of hydrogen-bond donors (Lipinski definition) is 1. The quantitative estimate of drug-likeness (QED) is 0.792. The maximum absolute atomic E-state index is 11.9. The second kappa shape index (κ2) is 4.93. The van der Waals surface area contributed by atoms with Crippen LogP contribution in [0.3, 0.4) is 0 Å². The molecule has 1 aromatic carbocycles. The predicted molar refractivity (Wildman–Crippen MR) is 85.4 cm³/mol. The number of anilines is 2. The van der Waals surface area contributed by atoms with Crippen molar-refractivity contribution in [2.75, 3.05) is 5.32 Å². The van der Waals surface area contributed by atoms with E-state index in [-0.39, 0.29) is 5.56 Å². The Morgan fingerprint density at radius 3 is 2.76 bits per heavy atom. The van der Waals surface area contributed by atoms with Crippen molar-refractivity contribution in [2.45, 2.75) is 6.92 Å². The van der Waals surface area contributed by atoms with E-state index in [1.165, 1.54) is 4.68 Å². The molecule has 2 aromatic heterocycles. The van der Waals surface area contributed by atoms with Gasteiger partial charge >= 0.3 is 0 Å². The van der Waals surface area contributed by atoms with Crippen molar-refractivity contribution >= 4 is 33.9 Å². The minimum Gasteiger partial charge on any atom is -0.353 e. The summed E-state index contributed by atoms with van der Waals surface area (Å²) >= 11 is 6.33. The summed E-state index contributed by atoms with van der Waals surface area (Å²) in [5.41, 5.74) is 2.96. The molecule has 108 valence electrons. The van der Waals surface area contributed by atoms with Crippen LogP contribution in [0.5, 0.6) is 0 Å². The average molecular weight is 303 g/mol. The molecule has 3 rings (SSSR count). The van der Waals surface area contributed by atoms with Crippen LogP contribution in [0.4, 0.5) is 11.4 Å². The van der Waals surface area contributed by atoms with Crippen LogP contribution >= 0.6 is 11.6 Å². The molecule has 5 nitrogen and oxygen atoms in total. The van der Waals surface area contributed by atoms with E-state index >= 15 is 0 Å². The zero-order valence-corrected chi connectivity index (χ0v) is 12.8. The fourth-order valence-corrected chi connectivity index (χ4v) is 2.51. The van der Waals surface area contributed by atoms with E-state index in [9.17, 15) is 4.79 Å². The lowest BCUT2D eigenvalue weighted by Crippen LogP contribution is -2.22. The molecule has 0 spiro atoms. The predicted octanol–water partition coefficient (Wildman–Crippen LogP) is 2.98. The number of rotatable bonds is 2. The molecule has 0 saturated carbocycles. The van der Waals surface area contributed by atoms with Gasteiger partial charge in [0.05, 0.1) is 22.6 Å². The van der Waals surface area contributed by atoms with Crippen molar-refractivity contribution in [3.8, 4) is 0 Å². The van der Waals surface area contributed by atoms with Crippen molar-refractivity contribution in [3.05, 3.63) is 51.5 Å². The van der Waals surface area contributed by atoms with Gasteiger partial charge in [0, 0.05) is 36.8 Å². The van der Waals surface area contributed by atoms with Crippen LogP contribution in [-0.2, 0) is 14.1 Å². The van der Waals surface area contributed by atoms with E-state index in [0.29, 0.717) is 16.3 Å². The molecule has 0 radical (unpaired) electrons. The second-order valence-electron chi connectivity index (χ2n) is 5.05. The maximum Gasteiger partial charge on any atom is 0.271 e. The highest BCUT2D eigenvalue weighted by Gasteiger charge is 2.09. The minimum absolute atomic E-state index is 0.128. The molecule has 1 N–H and O–H groups in total. The lowest BCUT2D eigenvalue weighted by atomic mass is 10.2. The highest BCUT2D eigenvalue weighted by Crippen LogP contribution is 2.31. The largest absolute Gasteiger partial charge is 0.353 e. The van der Waals surface area contributed by atoms with Gasteiger partial charge in [0.25, 0.3) is 5.56 Å². The minimum atomic E-state index is -0.128. The standard InChI is InChI=1S/C15H15ClN4O/c1-9-13(8-17-20(3)15(9)21)18-12-6-10-4-5-19(2)14(10)7-11(12)16/h4-8,18H,1-3H3. The van der Waals surface area contributed by atoms with E-state index in [0.717, 1.165) is 16.6 Å². The van der Waals surface area contributed by atoms with Crippen molar-refractivity contribution in [1.82, 2.24) is 14.3 Å². The first-order valence-corrected chi connectivity index (χ1v) is 6.89. The summed E-state index contributed by atoms with van der Waals surface area (Å²) in [6.45, 7) is 1.77. The van der Waals surface area contributed by atoms with Crippen LogP contribution in [0.15, 0.2) is 35.4 Å². The summed E-state index contributed by atoms with van der Waals surface area (Å²) < 4.78 is 3.32. The van der Waals surface area contributed by atoms with E-state index in [2.05, 4.69) is 10.4 Å². The number of nitrogens with one attached hydrogen (secondary N) is 1. The van der Waals surface area contributed by atoms with E-state index in [1.807, 2.05) is 36.0 Å². The summed E-state index contributed by atoms with van der Waals surface area (Å²) in [6, 6.07) is 5.89. The molecule has 0 atom stereocenters. The Balaban J connectivity index is 2.08. The lowest BCUT2D eigenvalue weighted by Gasteiger charge is -2.11. The van der Waals surface area contributed by atoms with Gasteiger partial charge in [-0.05, 0) is 25.1 Å². The summed E-state index contributed by atoms with van der Waals surface area (Å²) in [6.07, 6.45) is 3.61. The number of nitrogens with zero attached hydrogens (tertiary/aromatic N) is 3.